The van der Waals surface area contributed by atoms with Gasteiger partial charge in [0.1, 0.15) is 0 Å². The number of likely N-dealkylation sites (N-methyl/N-ethyl adjacent to an activating group) is 1. The zero-order valence-corrected chi connectivity index (χ0v) is 13.8. The molecule has 2 heterocycles. The molecule has 1 fully saturated rings. The van der Waals surface area contributed by atoms with Gasteiger partial charge in [0.15, 0.2) is 0 Å². The Morgan fingerprint density at radius 1 is 1.00 bits per heavy atom. The fourth-order valence-corrected chi connectivity index (χ4v) is 4.05. The van der Waals surface area contributed by atoms with E-state index in [-0.39, 0.29) is 16.5 Å². The second-order valence-corrected chi connectivity index (χ2v) is 6.80. The Morgan fingerprint density at radius 3 is 2.42 bits per heavy atom. The van der Waals surface area contributed by atoms with E-state index in [1.54, 1.807) is 12.1 Å². The summed E-state index contributed by atoms with van der Waals surface area (Å²) in [6.45, 7) is 4.20. The molecule has 24 heavy (non-hydrogen) atoms. The van der Waals surface area contributed by atoms with Gasteiger partial charge in [-0.3, -0.25) is 15.0 Å². The van der Waals surface area contributed by atoms with Crippen molar-refractivity contribution < 1.29 is 4.92 Å². The Labute approximate surface area is 141 Å². The molecule has 0 N–H and O–H groups in total. The molecule has 5 heteroatoms. The molecule has 2 atom stereocenters. The van der Waals surface area contributed by atoms with E-state index in [1.807, 2.05) is 12.1 Å². The number of hydrogen-bond acceptors (Lipinski definition) is 4. The summed E-state index contributed by atoms with van der Waals surface area (Å²) in [5.74, 6) is 0.279. The molecule has 2 aliphatic rings. The standard InChI is InChI=1S/C19H21N3O2/c1-20-10-11-21-12-18(14-6-8-15(9-7-14)22(23)24)16-4-2-3-5-17(16)19(21)13-20/h2-9,18-19H,10-13H2,1H3/t18-,19-/m0/s1. The minimum absolute atomic E-state index is 0.153. The van der Waals surface area contributed by atoms with Gasteiger partial charge in [-0.2, -0.15) is 0 Å². The smallest absolute Gasteiger partial charge is 0.269 e. The first-order valence-electron chi connectivity index (χ1n) is 8.39. The summed E-state index contributed by atoms with van der Waals surface area (Å²) in [5.41, 5.74) is 4.08. The fraction of sp³-hybridized carbons (Fsp3) is 0.368. The highest BCUT2D eigenvalue weighted by molar-refractivity contribution is 5.44. The number of hydrogen-bond donors (Lipinski definition) is 0. The van der Waals surface area contributed by atoms with Crippen LogP contribution in [0.1, 0.15) is 28.7 Å². The van der Waals surface area contributed by atoms with Gasteiger partial charge in [0.05, 0.1) is 4.92 Å². The summed E-state index contributed by atoms with van der Waals surface area (Å²) in [6.07, 6.45) is 0. The molecular formula is C19H21N3O2. The summed E-state index contributed by atoms with van der Waals surface area (Å²) in [5, 5.41) is 10.9. The third-order valence-corrected chi connectivity index (χ3v) is 5.35. The maximum atomic E-state index is 10.9. The van der Waals surface area contributed by atoms with Gasteiger partial charge in [0.2, 0.25) is 0 Å². The van der Waals surface area contributed by atoms with Crippen LogP contribution in [0.25, 0.3) is 0 Å². The molecule has 0 radical (unpaired) electrons. The quantitative estimate of drug-likeness (QED) is 0.630. The zero-order valence-electron chi connectivity index (χ0n) is 13.8. The minimum atomic E-state index is -0.338. The molecule has 5 nitrogen and oxygen atoms in total. The molecule has 0 saturated carbocycles. The summed E-state index contributed by atoms with van der Waals surface area (Å²) < 4.78 is 0. The van der Waals surface area contributed by atoms with Crippen molar-refractivity contribution in [3.8, 4) is 0 Å². The summed E-state index contributed by atoms with van der Waals surface area (Å²) in [6, 6.07) is 16.2. The van der Waals surface area contributed by atoms with Crippen LogP contribution in [0, 0.1) is 10.1 Å². The molecular weight excluding hydrogens is 302 g/mol. The average Bonchev–Trinajstić information content (AvgIpc) is 2.61. The molecule has 0 bridgehead atoms. The van der Waals surface area contributed by atoms with E-state index in [0.29, 0.717) is 6.04 Å². The monoisotopic (exact) mass is 323 g/mol. The van der Waals surface area contributed by atoms with Crippen molar-refractivity contribution in [2.24, 2.45) is 0 Å². The van der Waals surface area contributed by atoms with Crippen LogP contribution >= 0.6 is 0 Å². The highest BCUT2D eigenvalue weighted by Gasteiger charge is 2.36. The second kappa shape index (κ2) is 6.00. The Hall–Kier alpha value is -2.24. The molecule has 124 valence electrons. The third kappa shape index (κ3) is 2.60. The maximum Gasteiger partial charge on any atom is 0.269 e. The highest BCUT2D eigenvalue weighted by Crippen LogP contribution is 2.40. The van der Waals surface area contributed by atoms with E-state index in [4.69, 9.17) is 0 Å². The van der Waals surface area contributed by atoms with Gasteiger partial charge < -0.3 is 4.90 Å². The van der Waals surface area contributed by atoms with Gasteiger partial charge in [0.25, 0.3) is 5.69 Å². The molecule has 0 aliphatic carbocycles. The van der Waals surface area contributed by atoms with E-state index in [2.05, 4.69) is 41.1 Å². The molecule has 2 aromatic carbocycles. The van der Waals surface area contributed by atoms with Gasteiger partial charge in [-0.1, -0.05) is 36.4 Å². The second-order valence-electron chi connectivity index (χ2n) is 6.80. The van der Waals surface area contributed by atoms with Crippen LogP contribution in [0.15, 0.2) is 48.5 Å². The van der Waals surface area contributed by atoms with Gasteiger partial charge in [-0.05, 0) is 23.7 Å². The lowest BCUT2D eigenvalue weighted by molar-refractivity contribution is -0.384. The summed E-state index contributed by atoms with van der Waals surface area (Å²) in [4.78, 5) is 15.5. The van der Waals surface area contributed by atoms with Crippen LogP contribution in [0.3, 0.4) is 0 Å². The largest absolute Gasteiger partial charge is 0.303 e. The topological polar surface area (TPSA) is 49.6 Å². The fourth-order valence-electron chi connectivity index (χ4n) is 4.05. The Balaban J connectivity index is 1.73. The first-order chi connectivity index (χ1) is 11.6. The van der Waals surface area contributed by atoms with Crippen molar-refractivity contribution in [2.75, 3.05) is 33.2 Å². The van der Waals surface area contributed by atoms with E-state index in [1.165, 1.54) is 11.1 Å². The Kier molecular flexibility index (Phi) is 3.82. The summed E-state index contributed by atoms with van der Waals surface area (Å²) in [7, 11) is 2.18. The number of nitro groups is 1. The first-order valence-corrected chi connectivity index (χ1v) is 8.39. The minimum Gasteiger partial charge on any atom is -0.303 e. The Bertz CT molecular complexity index is 759. The van der Waals surface area contributed by atoms with Gasteiger partial charge in [-0.15, -0.1) is 0 Å². The van der Waals surface area contributed by atoms with Crippen LogP contribution in [0.5, 0.6) is 0 Å². The third-order valence-electron chi connectivity index (χ3n) is 5.35. The maximum absolute atomic E-state index is 10.9. The molecule has 1 saturated heterocycles. The van der Waals surface area contributed by atoms with Crippen LogP contribution in [0.2, 0.25) is 0 Å². The summed E-state index contributed by atoms with van der Waals surface area (Å²) >= 11 is 0. The number of fused-ring (bicyclic) bond motifs is 3. The van der Waals surface area contributed by atoms with Crippen molar-refractivity contribution in [3.63, 3.8) is 0 Å². The lowest BCUT2D eigenvalue weighted by atomic mass is 9.80. The molecule has 0 unspecified atom stereocenters. The molecule has 0 spiro atoms. The molecule has 2 aromatic rings. The van der Waals surface area contributed by atoms with Crippen LogP contribution in [0.4, 0.5) is 5.69 Å². The molecule has 0 aromatic heterocycles. The van der Waals surface area contributed by atoms with Gasteiger partial charge in [0, 0.05) is 50.3 Å². The van der Waals surface area contributed by atoms with Gasteiger partial charge >= 0.3 is 0 Å². The van der Waals surface area contributed by atoms with E-state index in [9.17, 15) is 10.1 Å². The first kappa shape index (κ1) is 15.3. The lowest BCUT2D eigenvalue weighted by Crippen LogP contribution is -2.50. The number of piperazine rings is 1. The van der Waals surface area contributed by atoms with Crippen LogP contribution < -0.4 is 0 Å². The number of nitro benzene ring substituents is 1. The number of benzene rings is 2. The normalized spacial score (nSPS) is 24.2. The Morgan fingerprint density at radius 2 is 1.71 bits per heavy atom. The number of nitrogens with zero attached hydrogens (tertiary/aromatic N) is 3. The molecule has 4 rings (SSSR count). The van der Waals surface area contributed by atoms with E-state index >= 15 is 0 Å². The van der Waals surface area contributed by atoms with Crippen molar-refractivity contribution in [2.45, 2.75) is 12.0 Å². The van der Waals surface area contributed by atoms with Crippen LogP contribution in [-0.4, -0.2) is 47.9 Å². The molecule has 2 aliphatic heterocycles. The predicted molar refractivity (Wildman–Crippen MR) is 93.2 cm³/mol. The van der Waals surface area contributed by atoms with E-state index in [0.717, 1.165) is 31.7 Å². The zero-order chi connectivity index (χ0) is 16.7. The van der Waals surface area contributed by atoms with Crippen molar-refractivity contribution in [1.29, 1.82) is 0 Å². The number of rotatable bonds is 2. The lowest BCUT2D eigenvalue weighted by Gasteiger charge is -2.46. The number of non-ortho nitro benzene ring substituents is 1. The molecule has 0 amide bonds. The average molecular weight is 323 g/mol. The van der Waals surface area contributed by atoms with Crippen LogP contribution in [-0.2, 0) is 0 Å². The van der Waals surface area contributed by atoms with Crippen molar-refractivity contribution in [1.82, 2.24) is 9.80 Å². The highest BCUT2D eigenvalue weighted by atomic mass is 16.6. The van der Waals surface area contributed by atoms with Gasteiger partial charge in [-0.25, -0.2) is 0 Å². The SMILES string of the molecule is CN1CCN2C[C@@H](c3ccc([N+](=O)[O-])cc3)c3ccccc3[C@@H]2C1. The van der Waals surface area contributed by atoms with E-state index < -0.39 is 0 Å². The van der Waals surface area contributed by atoms with Crippen molar-refractivity contribution >= 4 is 5.69 Å². The predicted octanol–water partition coefficient (Wildman–Crippen LogP) is 3.03. The van der Waals surface area contributed by atoms with Crippen molar-refractivity contribution in [3.05, 3.63) is 75.3 Å².